The summed E-state index contributed by atoms with van der Waals surface area (Å²) in [6.07, 6.45) is 1.03. The van der Waals surface area contributed by atoms with Crippen molar-refractivity contribution in [1.29, 1.82) is 0 Å². The number of benzene rings is 2. The van der Waals surface area contributed by atoms with E-state index < -0.39 is 0 Å². The number of likely N-dealkylation sites (tertiary alicyclic amines) is 1. The molecule has 0 aliphatic carbocycles. The summed E-state index contributed by atoms with van der Waals surface area (Å²) in [7, 11) is 0. The topological polar surface area (TPSA) is 58.6 Å². The average molecular weight is 364 g/mol. The Labute approximate surface area is 159 Å². The van der Waals surface area contributed by atoms with Crippen molar-refractivity contribution < 1.29 is 14.3 Å². The lowest BCUT2D eigenvalue weighted by atomic mass is 9.99. The molecule has 2 aromatic rings. The minimum Gasteiger partial charge on any atom is -0.493 e. The van der Waals surface area contributed by atoms with E-state index in [-0.39, 0.29) is 30.2 Å². The van der Waals surface area contributed by atoms with Crippen molar-refractivity contribution in [2.45, 2.75) is 32.4 Å². The van der Waals surface area contributed by atoms with Gasteiger partial charge in [0.25, 0.3) is 0 Å². The van der Waals surface area contributed by atoms with Crippen LogP contribution in [0.1, 0.15) is 35.6 Å². The van der Waals surface area contributed by atoms with E-state index in [1.807, 2.05) is 55.5 Å². The van der Waals surface area contributed by atoms with Crippen molar-refractivity contribution in [1.82, 2.24) is 10.2 Å². The molecule has 4 rings (SSSR count). The molecule has 140 valence electrons. The van der Waals surface area contributed by atoms with Gasteiger partial charge in [-0.25, -0.2) is 0 Å². The summed E-state index contributed by atoms with van der Waals surface area (Å²) in [4.78, 5) is 26.9. The number of nitrogens with zero attached hydrogens (tertiary/aromatic N) is 1. The predicted molar refractivity (Wildman–Crippen MR) is 102 cm³/mol. The molecule has 1 N–H and O–H groups in total. The van der Waals surface area contributed by atoms with Crippen LogP contribution in [-0.4, -0.2) is 29.9 Å². The number of amides is 2. The zero-order chi connectivity index (χ0) is 18.8. The Balaban J connectivity index is 1.39. The van der Waals surface area contributed by atoms with Crippen molar-refractivity contribution in [3.63, 3.8) is 0 Å². The second-order valence-corrected chi connectivity index (χ2v) is 7.40. The first-order chi connectivity index (χ1) is 13.1. The summed E-state index contributed by atoms with van der Waals surface area (Å²) in [6, 6.07) is 15.9. The van der Waals surface area contributed by atoms with Crippen molar-refractivity contribution in [2.24, 2.45) is 5.92 Å². The van der Waals surface area contributed by atoms with Crippen LogP contribution in [0.4, 0.5) is 0 Å². The van der Waals surface area contributed by atoms with E-state index in [1.54, 1.807) is 4.90 Å². The molecular formula is C22H24N2O3. The molecule has 0 bridgehead atoms. The van der Waals surface area contributed by atoms with Gasteiger partial charge in [-0.2, -0.15) is 0 Å². The molecule has 0 radical (unpaired) electrons. The van der Waals surface area contributed by atoms with Crippen LogP contribution in [-0.2, 0) is 16.1 Å². The van der Waals surface area contributed by atoms with E-state index in [4.69, 9.17) is 4.74 Å². The van der Waals surface area contributed by atoms with E-state index in [2.05, 4.69) is 5.32 Å². The molecular weight excluding hydrogens is 340 g/mol. The fraction of sp³-hybridized carbons (Fsp3) is 0.364. The zero-order valence-electron chi connectivity index (χ0n) is 15.5. The lowest BCUT2D eigenvalue weighted by Crippen LogP contribution is -2.37. The molecule has 0 spiro atoms. The summed E-state index contributed by atoms with van der Waals surface area (Å²) < 4.78 is 5.66. The maximum absolute atomic E-state index is 12.8. The third kappa shape index (κ3) is 3.82. The monoisotopic (exact) mass is 364 g/mol. The normalized spacial score (nSPS) is 21.5. The van der Waals surface area contributed by atoms with Gasteiger partial charge in [-0.1, -0.05) is 48.0 Å². The van der Waals surface area contributed by atoms with Gasteiger partial charge in [0.05, 0.1) is 18.6 Å². The van der Waals surface area contributed by atoms with Gasteiger partial charge in [0.1, 0.15) is 5.75 Å². The minimum absolute atomic E-state index is 0.0445. The van der Waals surface area contributed by atoms with Gasteiger partial charge in [0, 0.05) is 31.5 Å². The average Bonchev–Trinajstić information content (AvgIpc) is 3.04. The third-order valence-corrected chi connectivity index (χ3v) is 5.35. The van der Waals surface area contributed by atoms with Gasteiger partial charge in [-0.15, -0.1) is 0 Å². The Hall–Kier alpha value is -2.82. The van der Waals surface area contributed by atoms with Gasteiger partial charge in [-0.05, 0) is 18.6 Å². The molecule has 1 saturated heterocycles. The largest absolute Gasteiger partial charge is 0.493 e. The van der Waals surface area contributed by atoms with Crippen molar-refractivity contribution in [3.8, 4) is 5.75 Å². The summed E-state index contributed by atoms with van der Waals surface area (Å²) in [5.74, 6) is 0.537. The van der Waals surface area contributed by atoms with Gasteiger partial charge < -0.3 is 15.0 Å². The molecule has 5 nitrogen and oxygen atoms in total. The van der Waals surface area contributed by atoms with Crippen LogP contribution in [0.15, 0.2) is 48.5 Å². The smallest absolute Gasteiger partial charge is 0.225 e. The second-order valence-electron chi connectivity index (χ2n) is 7.40. The quantitative estimate of drug-likeness (QED) is 0.907. The number of carbonyl (C=O) groups excluding carboxylic acids is 2. The van der Waals surface area contributed by atoms with Gasteiger partial charge in [0.2, 0.25) is 11.8 Å². The molecule has 2 atom stereocenters. The molecule has 1 fully saturated rings. The zero-order valence-corrected chi connectivity index (χ0v) is 15.5. The highest BCUT2D eigenvalue weighted by Crippen LogP contribution is 2.32. The minimum atomic E-state index is -0.294. The highest BCUT2D eigenvalue weighted by atomic mass is 16.5. The number of rotatable bonds is 4. The van der Waals surface area contributed by atoms with Gasteiger partial charge in [0.15, 0.2) is 0 Å². The Bertz CT molecular complexity index is 847. The first kappa shape index (κ1) is 17.6. The highest BCUT2D eigenvalue weighted by molar-refractivity contribution is 5.89. The van der Waals surface area contributed by atoms with E-state index in [9.17, 15) is 9.59 Å². The molecule has 0 aromatic heterocycles. The van der Waals surface area contributed by atoms with Crippen molar-refractivity contribution in [3.05, 3.63) is 65.2 Å². The molecule has 2 aromatic carbocycles. The Morgan fingerprint density at radius 3 is 2.78 bits per heavy atom. The number of ether oxygens (including phenoxy) is 1. The predicted octanol–water partition coefficient (Wildman–Crippen LogP) is 2.98. The lowest BCUT2D eigenvalue weighted by molar-refractivity contribution is -0.129. The number of aryl methyl sites for hydroxylation is 1. The Kier molecular flexibility index (Phi) is 4.84. The van der Waals surface area contributed by atoms with Gasteiger partial charge >= 0.3 is 0 Å². The number of fused-ring (bicyclic) bond motifs is 1. The Morgan fingerprint density at radius 2 is 1.96 bits per heavy atom. The molecule has 2 aliphatic rings. The van der Waals surface area contributed by atoms with Crippen molar-refractivity contribution >= 4 is 11.8 Å². The lowest BCUT2D eigenvalue weighted by Gasteiger charge is -2.27. The molecule has 2 aliphatic heterocycles. The first-order valence-corrected chi connectivity index (χ1v) is 9.45. The molecule has 0 unspecified atom stereocenters. The third-order valence-electron chi connectivity index (χ3n) is 5.35. The SMILES string of the molecule is Cc1ccc(CN2C[C@@H](C(=O)N[C@@H]3CCOc4ccccc43)CC2=O)cc1. The first-order valence-electron chi connectivity index (χ1n) is 9.45. The standard InChI is InChI=1S/C22H24N2O3/c1-15-6-8-16(9-7-15)13-24-14-17(12-21(24)25)22(26)23-19-10-11-27-20-5-3-2-4-18(19)20/h2-9,17,19H,10-14H2,1H3,(H,23,26)/t17-,19+/m0/s1. The van der Waals surface area contributed by atoms with Gasteiger partial charge in [-0.3, -0.25) is 9.59 Å². The maximum atomic E-state index is 12.8. The van der Waals surface area contributed by atoms with Crippen LogP contribution in [0.5, 0.6) is 5.75 Å². The van der Waals surface area contributed by atoms with Crippen LogP contribution in [0, 0.1) is 12.8 Å². The fourth-order valence-corrected chi connectivity index (χ4v) is 3.80. The van der Waals surface area contributed by atoms with Crippen LogP contribution < -0.4 is 10.1 Å². The summed E-state index contributed by atoms with van der Waals surface area (Å²) in [5, 5.41) is 3.13. The number of nitrogens with one attached hydrogen (secondary N) is 1. The summed E-state index contributed by atoms with van der Waals surface area (Å²) in [6.45, 7) is 3.66. The van der Waals surface area contributed by atoms with Crippen molar-refractivity contribution in [2.75, 3.05) is 13.2 Å². The second kappa shape index (κ2) is 7.43. The number of carbonyl (C=O) groups is 2. The Morgan fingerprint density at radius 1 is 1.19 bits per heavy atom. The molecule has 27 heavy (non-hydrogen) atoms. The van der Waals surface area contributed by atoms with E-state index in [0.717, 1.165) is 23.3 Å². The summed E-state index contributed by atoms with van der Waals surface area (Å²) in [5.41, 5.74) is 3.30. The van der Waals surface area contributed by atoms with Crippen LogP contribution in [0.25, 0.3) is 0 Å². The van der Waals surface area contributed by atoms with E-state index in [1.165, 1.54) is 5.56 Å². The summed E-state index contributed by atoms with van der Waals surface area (Å²) >= 11 is 0. The number of para-hydroxylation sites is 1. The number of hydrogen-bond acceptors (Lipinski definition) is 3. The van der Waals surface area contributed by atoms with Crippen LogP contribution in [0.2, 0.25) is 0 Å². The number of hydrogen-bond donors (Lipinski definition) is 1. The molecule has 5 heteroatoms. The van der Waals surface area contributed by atoms with Crippen LogP contribution >= 0.6 is 0 Å². The highest BCUT2D eigenvalue weighted by Gasteiger charge is 2.35. The van der Waals surface area contributed by atoms with Crippen LogP contribution in [0.3, 0.4) is 0 Å². The van der Waals surface area contributed by atoms with E-state index in [0.29, 0.717) is 19.7 Å². The molecule has 0 saturated carbocycles. The van der Waals surface area contributed by atoms with E-state index >= 15 is 0 Å². The fourth-order valence-electron chi connectivity index (χ4n) is 3.80. The molecule has 2 heterocycles. The maximum Gasteiger partial charge on any atom is 0.225 e. The molecule has 2 amide bonds.